The van der Waals surface area contributed by atoms with Gasteiger partial charge in [0.05, 0.1) is 17.1 Å². The highest BCUT2D eigenvalue weighted by Gasteiger charge is 2.37. The molecular formula is C23H22N2O4S. The summed E-state index contributed by atoms with van der Waals surface area (Å²) in [4.78, 5) is 13.0. The van der Waals surface area contributed by atoms with Crippen molar-refractivity contribution in [3.05, 3.63) is 83.9 Å². The lowest BCUT2D eigenvalue weighted by Crippen LogP contribution is -2.48. The normalized spacial score (nSPS) is 15.8. The first-order valence-corrected chi connectivity index (χ1v) is 11.0. The van der Waals surface area contributed by atoms with Crippen LogP contribution in [-0.4, -0.2) is 27.0 Å². The quantitative estimate of drug-likeness (QED) is 0.692. The zero-order chi connectivity index (χ0) is 21.3. The van der Waals surface area contributed by atoms with E-state index < -0.39 is 22.0 Å². The number of carbonyl (C=O) groups excluding carboxylic acids is 1. The van der Waals surface area contributed by atoms with E-state index in [2.05, 4.69) is 5.32 Å². The number of aryl methyl sites for hydroxylation is 2. The molecule has 4 rings (SSSR count). The fourth-order valence-electron chi connectivity index (χ4n) is 3.31. The number of hydrogen-bond donors (Lipinski definition) is 1. The second-order valence-corrected chi connectivity index (χ2v) is 9.14. The van der Waals surface area contributed by atoms with Gasteiger partial charge in [-0.25, -0.2) is 8.42 Å². The molecule has 0 aromatic heterocycles. The molecule has 0 aliphatic carbocycles. The molecule has 1 atom stereocenters. The van der Waals surface area contributed by atoms with Gasteiger partial charge in [0.1, 0.15) is 5.75 Å². The Hall–Kier alpha value is -3.32. The average Bonchev–Trinajstić information content (AvgIpc) is 2.73. The zero-order valence-electron chi connectivity index (χ0n) is 16.7. The van der Waals surface area contributed by atoms with Crippen molar-refractivity contribution in [1.82, 2.24) is 0 Å². The number of anilines is 2. The van der Waals surface area contributed by atoms with Gasteiger partial charge in [-0.2, -0.15) is 0 Å². The van der Waals surface area contributed by atoms with E-state index in [0.29, 0.717) is 17.1 Å². The molecule has 3 aromatic rings. The van der Waals surface area contributed by atoms with Crippen LogP contribution in [0.15, 0.2) is 77.7 Å². The van der Waals surface area contributed by atoms with Crippen LogP contribution in [0.1, 0.15) is 11.1 Å². The van der Waals surface area contributed by atoms with Gasteiger partial charge in [-0.05, 0) is 55.8 Å². The third-order valence-electron chi connectivity index (χ3n) is 4.93. The Morgan fingerprint density at radius 1 is 0.967 bits per heavy atom. The van der Waals surface area contributed by atoms with Crippen molar-refractivity contribution in [3.63, 3.8) is 0 Å². The number of rotatable bonds is 4. The number of sulfonamides is 1. The maximum Gasteiger partial charge on any atom is 0.267 e. The third-order valence-corrected chi connectivity index (χ3v) is 6.72. The van der Waals surface area contributed by atoms with Crippen LogP contribution in [0.2, 0.25) is 0 Å². The average molecular weight is 423 g/mol. The minimum Gasteiger partial charge on any atom is -0.476 e. The Morgan fingerprint density at radius 2 is 1.63 bits per heavy atom. The second kappa shape index (κ2) is 7.84. The number of amides is 1. The van der Waals surface area contributed by atoms with Crippen molar-refractivity contribution in [2.24, 2.45) is 0 Å². The summed E-state index contributed by atoms with van der Waals surface area (Å²) < 4.78 is 34.0. The fraction of sp³-hybridized carbons (Fsp3) is 0.174. The van der Waals surface area contributed by atoms with Crippen molar-refractivity contribution in [3.8, 4) is 5.75 Å². The lowest BCUT2D eigenvalue weighted by molar-refractivity contribution is -0.122. The first-order chi connectivity index (χ1) is 14.3. The molecule has 1 amide bonds. The molecule has 3 aromatic carbocycles. The lowest BCUT2D eigenvalue weighted by atomic mass is 10.1. The first-order valence-electron chi connectivity index (χ1n) is 9.57. The van der Waals surface area contributed by atoms with Gasteiger partial charge in [-0.3, -0.25) is 9.10 Å². The van der Waals surface area contributed by atoms with E-state index in [1.165, 1.54) is 4.31 Å². The lowest BCUT2D eigenvalue weighted by Gasteiger charge is -2.35. The van der Waals surface area contributed by atoms with Crippen molar-refractivity contribution in [2.45, 2.75) is 24.8 Å². The summed E-state index contributed by atoms with van der Waals surface area (Å²) in [5.74, 6) is -0.0392. The van der Waals surface area contributed by atoms with E-state index in [-0.39, 0.29) is 11.4 Å². The first kappa shape index (κ1) is 20.0. The number of nitrogens with one attached hydrogen (secondary N) is 1. The van der Waals surface area contributed by atoms with E-state index in [9.17, 15) is 13.2 Å². The molecule has 0 radical (unpaired) electrons. The zero-order valence-corrected chi connectivity index (χ0v) is 17.5. The minimum absolute atomic E-state index is 0.120. The number of hydrogen-bond acceptors (Lipinski definition) is 4. The van der Waals surface area contributed by atoms with Crippen LogP contribution >= 0.6 is 0 Å². The second-order valence-electron chi connectivity index (χ2n) is 7.28. The monoisotopic (exact) mass is 422 g/mol. The van der Waals surface area contributed by atoms with E-state index >= 15 is 0 Å². The fourth-order valence-corrected chi connectivity index (χ4v) is 4.78. The third kappa shape index (κ3) is 3.89. The van der Waals surface area contributed by atoms with Gasteiger partial charge in [0.25, 0.3) is 15.9 Å². The molecule has 0 bridgehead atoms. The van der Waals surface area contributed by atoms with Gasteiger partial charge in [0.15, 0.2) is 6.10 Å². The van der Waals surface area contributed by atoms with E-state index in [0.717, 1.165) is 11.1 Å². The Labute approximate surface area is 176 Å². The number of para-hydroxylation sites is 1. The highest BCUT2D eigenvalue weighted by atomic mass is 32.2. The van der Waals surface area contributed by atoms with Crippen LogP contribution in [0.4, 0.5) is 11.4 Å². The maximum atomic E-state index is 13.4. The molecule has 1 aliphatic heterocycles. The van der Waals surface area contributed by atoms with Crippen LogP contribution < -0.4 is 14.4 Å². The molecule has 30 heavy (non-hydrogen) atoms. The van der Waals surface area contributed by atoms with E-state index in [4.69, 9.17) is 4.74 Å². The van der Waals surface area contributed by atoms with Gasteiger partial charge < -0.3 is 10.1 Å². The molecule has 0 fully saturated rings. The SMILES string of the molecule is Cc1ccc(S(=O)(=O)N2C[C@@H](C(=O)Nc3ccccc3)Oc3cc(C)ccc32)cc1. The van der Waals surface area contributed by atoms with Crippen LogP contribution in [0.3, 0.4) is 0 Å². The number of benzene rings is 3. The molecule has 154 valence electrons. The molecule has 0 saturated heterocycles. The molecule has 1 heterocycles. The predicted molar refractivity (Wildman–Crippen MR) is 116 cm³/mol. The molecular weight excluding hydrogens is 400 g/mol. The van der Waals surface area contributed by atoms with Gasteiger partial charge >= 0.3 is 0 Å². The Bertz CT molecular complexity index is 1180. The summed E-state index contributed by atoms with van der Waals surface area (Å²) in [6.45, 7) is 3.66. The highest BCUT2D eigenvalue weighted by Crippen LogP contribution is 2.38. The number of carbonyl (C=O) groups is 1. The van der Waals surface area contributed by atoms with Crippen LogP contribution in [0, 0.1) is 13.8 Å². The topological polar surface area (TPSA) is 75.7 Å². The molecule has 0 unspecified atom stereocenters. The smallest absolute Gasteiger partial charge is 0.267 e. The minimum atomic E-state index is -3.87. The number of ether oxygens (including phenoxy) is 1. The van der Waals surface area contributed by atoms with Crippen LogP contribution in [0.5, 0.6) is 5.75 Å². The maximum absolute atomic E-state index is 13.4. The van der Waals surface area contributed by atoms with Gasteiger partial charge in [0.2, 0.25) is 0 Å². The summed E-state index contributed by atoms with van der Waals surface area (Å²) in [6, 6.07) is 20.9. The number of nitrogens with zero attached hydrogens (tertiary/aromatic N) is 1. The molecule has 1 aliphatic rings. The summed E-state index contributed by atoms with van der Waals surface area (Å²) in [7, 11) is -3.87. The van der Waals surface area contributed by atoms with Crippen LogP contribution in [-0.2, 0) is 14.8 Å². The van der Waals surface area contributed by atoms with Crippen LogP contribution in [0.25, 0.3) is 0 Å². The molecule has 0 spiro atoms. The summed E-state index contributed by atoms with van der Waals surface area (Å²) >= 11 is 0. The predicted octanol–water partition coefficient (Wildman–Crippen LogP) is 3.90. The summed E-state index contributed by atoms with van der Waals surface area (Å²) in [5.41, 5.74) is 2.91. The van der Waals surface area contributed by atoms with Gasteiger partial charge in [-0.15, -0.1) is 0 Å². The van der Waals surface area contributed by atoms with E-state index in [1.54, 1.807) is 48.5 Å². The van der Waals surface area contributed by atoms with Gasteiger partial charge in [-0.1, -0.05) is 42.0 Å². The van der Waals surface area contributed by atoms with Crippen molar-refractivity contribution in [2.75, 3.05) is 16.2 Å². The highest BCUT2D eigenvalue weighted by molar-refractivity contribution is 7.92. The summed E-state index contributed by atoms with van der Waals surface area (Å²) in [5, 5.41) is 2.79. The summed E-state index contributed by atoms with van der Waals surface area (Å²) in [6.07, 6.45) is -0.986. The molecule has 7 heteroatoms. The van der Waals surface area contributed by atoms with Crippen molar-refractivity contribution < 1.29 is 17.9 Å². The van der Waals surface area contributed by atoms with Crippen molar-refractivity contribution >= 4 is 27.3 Å². The Morgan fingerprint density at radius 3 is 2.33 bits per heavy atom. The van der Waals surface area contributed by atoms with E-state index in [1.807, 2.05) is 38.1 Å². The standard InChI is InChI=1S/C23H22N2O4S/c1-16-8-11-19(12-9-16)30(27,28)25-15-22(23(26)24-18-6-4-3-5-7-18)29-21-14-17(2)10-13-20(21)25/h3-14,22H,15H2,1-2H3,(H,24,26)/t22-/m0/s1. The van der Waals surface area contributed by atoms with Crippen molar-refractivity contribution in [1.29, 1.82) is 0 Å². The molecule has 6 nitrogen and oxygen atoms in total. The number of fused-ring (bicyclic) bond motifs is 1. The Kier molecular flexibility index (Phi) is 5.22. The Balaban J connectivity index is 1.70. The largest absolute Gasteiger partial charge is 0.476 e. The van der Waals surface area contributed by atoms with Gasteiger partial charge in [0, 0.05) is 5.69 Å². The molecule has 1 N–H and O–H groups in total. The molecule has 0 saturated carbocycles.